The molecule has 2 fully saturated rings. The van der Waals surface area contributed by atoms with E-state index in [4.69, 9.17) is 0 Å². The van der Waals surface area contributed by atoms with E-state index < -0.39 is 6.10 Å². The topological polar surface area (TPSA) is 73.4 Å². The third kappa shape index (κ3) is 2.98. The number of carbonyl (C=O) groups excluding carboxylic acids is 1. The predicted molar refractivity (Wildman–Crippen MR) is 72.2 cm³/mol. The Morgan fingerprint density at radius 2 is 2.32 bits per heavy atom. The van der Waals surface area contributed by atoms with E-state index >= 15 is 0 Å². The molecule has 4 N–H and O–H groups in total. The van der Waals surface area contributed by atoms with Gasteiger partial charge in [-0.1, -0.05) is 12.2 Å². The van der Waals surface area contributed by atoms with E-state index in [0.717, 1.165) is 5.70 Å². The molecule has 1 heterocycles. The molecule has 3 atom stereocenters. The van der Waals surface area contributed by atoms with Gasteiger partial charge in [-0.3, -0.25) is 4.79 Å². The summed E-state index contributed by atoms with van der Waals surface area (Å²) < 4.78 is 0. The molecule has 1 saturated heterocycles. The first-order chi connectivity index (χ1) is 9.24. The first-order valence-corrected chi connectivity index (χ1v) is 7.05. The van der Waals surface area contributed by atoms with Gasteiger partial charge in [-0.15, -0.1) is 0 Å². The summed E-state index contributed by atoms with van der Waals surface area (Å²) in [6.07, 6.45) is 7.97. The van der Waals surface area contributed by atoms with Crippen LogP contribution in [0.15, 0.2) is 23.9 Å². The minimum Gasteiger partial charge on any atom is -0.390 e. The summed E-state index contributed by atoms with van der Waals surface area (Å²) in [5, 5.41) is 19.1. The van der Waals surface area contributed by atoms with E-state index in [9.17, 15) is 9.90 Å². The van der Waals surface area contributed by atoms with Crippen LogP contribution in [0.3, 0.4) is 0 Å². The maximum Gasteiger partial charge on any atom is 0.225 e. The van der Waals surface area contributed by atoms with Crippen LogP contribution in [-0.2, 0) is 4.79 Å². The van der Waals surface area contributed by atoms with Crippen LogP contribution in [0.4, 0.5) is 0 Å². The van der Waals surface area contributed by atoms with Crippen molar-refractivity contribution in [2.75, 3.05) is 19.6 Å². The Morgan fingerprint density at radius 1 is 1.47 bits per heavy atom. The van der Waals surface area contributed by atoms with E-state index in [0.29, 0.717) is 25.7 Å². The van der Waals surface area contributed by atoms with E-state index in [1.165, 1.54) is 12.8 Å². The molecule has 104 valence electrons. The molecule has 3 aliphatic rings. The maximum atomic E-state index is 12.1. The van der Waals surface area contributed by atoms with Gasteiger partial charge < -0.3 is 21.1 Å². The Morgan fingerprint density at radius 3 is 3.11 bits per heavy atom. The Balaban J connectivity index is 1.40. The molecule has 0 aromatic rings. The highest BCUT2D eigenvalue weighted by Crippen LogP contribution is 2.30. The molecule has 0 aromatic heterocycles. The van der Waals surface area contributed by atoms with Gasteiger partial charge >= 0.3 is 0 Å². The summed E-state index contributed by atoms with van der Waals surface area (Å²) in [5.41, 5.74) is 1.14. The molecule has 1 saturated carbocycles. The summed E-state index contributed by atoms with van der Waals surface area (Å²) in [7, 11) is 0. The van der Waals surface area contributed by atoms with E-state index in [1.54, 1.807) is 0 Å². The molecular weight excluding hydrogens is 242 g/mol. The van der Waals surface area contributed by atoms with Crippen LogP contribution in [0.1, 0.15) is 12.8 Å². The van der Waals surface area contributed by atoms with Crippen molar-refractivity contribution in [3.63, 3.8) is 0 Å². The van der Waals surface area contributed by atoms with Gasteiger partial charge in [0, 0.05) is 37.3 Å². The molecule has 3 unspecified atom stereocenters. The van der Waals surface area contributed by atoms with Crippen LogP contribution in [-0.4, -0.2) is 42.8 Å². The molecule has 2 aliphatic carbocycles. The van der Waals surface area contributed by atoms with Crippen molar-refractivity contribution >= 4 is 5.91 Å². The minimum absolute atomic E-state index is 0.0259. The van der Waals surface area contributed by atoms with Crippen LogP contribution in [0, 0.1) is 11.8 Å². The number of aliphatic hydroxyl groups is 1. The van der Waals surface area contributed by atoms with Gasteiger partial charge in [-0.2, -0.15) is 0 Å². The highest BCUT2D eigenvalue weighted by molar-refractivity contribution is 5.80. The van der Waals surface area contributed by atoms with Crippen LogP contribution in [0.2, 0.25) is 0 Å². The summed E-state index contributed by atoms with van der Waals surface area (Å²) in [6, 6.07) is 0.584. The van der Waals surface area contributed by atoms with Gasteiger partial charge in [0.05, 0.1) is 12.0 Å². The lowest BCUT2D eigenvalue weighted by molar-refractivity contribution is -0.125. The SMILES string of the molecule is O=C(NCC(O)CNC1CC1)C1CNC2=CC=CC21. The number of hydrogen-bond donors (Lipinski definition) is 4. The van der Waals surface area contributed by atoms with Crippen molar-refractivity contribution in [2.24, 2.45) is 11.8 Å². The van der Waals surface area contributed by atoms with Gasteiger partial charge in [0.2, 0.25) is 5.91 Å². The average molecular weight is 263 g/mol. The fraction of sp³-hybridized carbons (Fsp3) is 0.643. The zero-order valence-corrected chi connectivity index (χ0v) is 10.9. The van der Waals surface area contributed by atoms with Gasteiger partial charge in [-0.25, -0.2) is 0 Å². The van der Waals surface area contributed by atoms with Crippen LogP contribution in [0.5, 0.6) is 0 Å². The van der Waals surface area contributed by atoms with Gasteiger partial charge in [0.15, 0.2) is 0 Å². The summed E-state index contributed by atoms with van der Waals surface area (Å²) in [6.45, 7) is 1.57. The Hall–Kier alpha value is -1.33. The number of carbonyl (C=O) groups is 1. The van der Waals surface area contributed by atoms with E-state index in [2.05, 4.69) is 22.0 Å². The molecule has 0 spiro atoms. The zero-order valence-electron chi connectivity index (χ0n) is 10.9. The van der Waals surface area contributed by atoms with Crippen molar-refractivity contribution in [3.8, 4) is 0 Å². The number of aliphatic hydroxyl groups excluding tert-OH is 1. The Bertz CT molecular complexity index is 415. The highest BCUT2D eigenvalue weighted by Gasteiger charge is 2.36. The standard InChI is InChI=1S/C14H21N3O2/c18-10(6-15-9-4-5-9)7-17-14(19)12-8-16-13-3-1-2-11(12)13/h1-3,9-12,15-16,18H,4-8H2,(H,17,19). The number of fused-ring (bicyclic) bond motifs is 1. The predicted octanol–water partition coefficient (Wildman–Crippen LogP) is -0.495. The Kier molecular flexibility index (Phi) is 3.57. The van der Waals surface area contributed by atoms with Gasteiger partial charge in [-0.05, 0) is 18.9 Å². The van der Waals surface area contributed by atoms with Crippen molar-refractivity contribution in [2.45, 2.75) is 25.0 Å². The second kappa shape index (κ2) is 5.35. The van der Waals surface area contributed by atoms with E-state index in [1.807, 2.05) is 12.2 Å². The molecule has 3 rings (SSSR count). The molecular formula is C14H21N3O2. The third-order valence-electron chi connectivity index (χ3n) is 3.98. The maximum absolute atomic E-state index is 12.1. The fourth-order valence-electron chi connectivity index (χ4n) is 2.64. The molecule has 5 nitrogen and oxygen atoms in total. The smallest absolute Gasteiger partial charge is 0.225 e. The average Bonchev–Trinajstić information content (AvgIpc) is 2.96. The first-order valence-electron chi connectivity index (χ1n) is 7.05. The summed E-state index contributed by atoms with van der Waals surface area (Å²) in [5.74, 6) is 0.174. The highest BCUT2D eigenvalue weighted by atomic mass is 16.3. The van der Waals surface area contributed by atoms with Crippen LogP contribution >= 0.6 is 0 Å². The molecule has 1 aliphatic heterocycles. The molecule has 1 amide bonds. The van der Waals surface area contributed by atoms with Crippen LogP contribution < -0.4 is 16.0 Å². The van der Waals surface area contributed by atoms with Crippen molar-refractivity contribution in [3.05, 3.63) is 23.9 Å². The molecule has 0 bridgehead atoms. The lowest BCUT2D eigenvalue weighted by Gasteiger charge is -2.17. The number of hydrogen-bond acceptors (Lipinski definition) is 4. The third-order valence-corrected chi connectivity index (χ3v) is 3.98. The van der Waals surface area contributed by atoms with Gasteiger partial charge in [0.1, 0.15) is 0 Å². The quantitative estimate of drug-likeness (QED) is 0.521. The second-order valence-corrected chi connectivity index (χ2v) is 5.60. The largest absolute Gasteiger partial charge is 0.390 e. The molecule has 5 heteroatoms. The lowest BCUT2D eigenvalue weighted by atomic mass is 9.95. The minimum atomic E-state index is -0.506. The second-order valence-electron chi connectivity index (χ2n) is 5.60. The first kappa shape index (κ1) is 12.7. The molecule has 0 radical (unpaired) electrons. The monoisotopic (exact) mass is 263 g/mol. The van der Waals surface area contributed by atoms with Crippen molar-refractivity contribution in [1.82, 2.24) is 16.0 Å². The summed E-state index contributed by atoms with van der Waals surface area (Å²) >= 11 is 0. The fourth-order valence-corrected chi connectivity index (χ4v) is 2.64. The van der Waals surface area contributed by atoms with Crippen molar-refractivity contribution < 1.29 is 9.90 Å². The number of rotatable bonds is 6. The number of allylic oxidation sites excluding steroid dienone is 3. The van der Waals surface area contributed by atoms with Gasteiger partial charge in [0.25, 0.3) is 0 Å². The zero-order chi connectivity index (χ0) is 13.2. The lowest BCUT2D eigenvalue weighted by Crippen LogP contribution is -2.42. The van der Waals surface area contributed by atoms with Crippen LogP contribution in [0.25, 0.3) is 0 Å². The normalized spacial score (nSPS) is 29.6. The van der Waals surface area contributed by atoms with Crippen molar-refractivity contribution in [1.29, 1.82) is 0 Å². The summed E-state index contributed by atoms with van der Waals surface area (Å²) in [4.78, 5) is 12.1. The number of amides is 1. The molecule has 19 heavy (non-hydrogen) atoms. The number of nitrogens with one attached hydrogen (secondary N) is 3. The Labute approximate surface area is 113 Å². The van der Waals surface area contributed by atoms with E-state index in [-0.39, 0.29) is 17.7 Å². The molecule has 0 aromatic carbocycles.